The number of nitrogens with zero attached hydrogens (tertiary/aromatic N) is 2. The predicted octanol–water partition coefficient (Wildman–Crippen LogP) is 0.719. The van der Waals surface area contributed by atoms with Crippen molar-refractivity contribution in [1.82, 2.24) is 0 Å². The van der Waals surface area contributed by atoms with Gasteiger partial charge in [-0.05, 0) is 12.5 Å². The Balaban J connectivity index is 2.28. The number of non-ortho nitro benzene ring substituents is 1. The molecule has 7 heteroatoms. The second-order valence-electron chi connectivity index (χ2n) is 4.45. The fourth-order valence-electron chi connectivity index (χ4n) is 2.25. The molecule has 1 unspecified atom stereocenters. The van der Waals surface area contributed by atoms with E-state index in [9.17, 15) is 19.7 Å². The van der Waals surface area contributed by atoms with E-state index in [1.54, 1.807) is 0 Å². The van der Waals surface area contributed by atoms with Crippen LogP contribution in [0.25, 0.3) is 0 Å². The van der Waals surface area contributed by atoms with E-state index in [4.69, 9.17) is 5.73 Å². The number of carbonyl (C=O) groups excluding carboxylic acids is 2. The molecule has 1 saturated heterocycles. The van der Waals surface area contributed by atoms with E-state index >= 15 is 0 Å². The van der Waals surface area contributed by atoms with Gasteiger partial charge in [-0.25, -0.2) is 0 Å². The van der Waals surface area contributed by atoms with Crippen LogP contribution in [0.3, 0.4) is 0 Å². The van der Waals surface area contributed by atoms with Gasteiger partial charge in [0.15, 0.2) is 6.29 Å². The maximum absolute atomic E-state index is 11.1. The Morgan fingerprint density at radius 2 is 2.26 bits per heavy atom. The molecule has 1 aliphatic rings. The number of hydrogen-bond donors (Lipinski definition) is 1. The Labute approximate surface area is 109 Å². The summed E-state index contributed by atoms with van der Waals surface area (Å²) in [7, 11) is 0. The van der Waals surface area contributed by atoms with Gasteiger partial charge in [0, 0.05) is 36.5 Å². The van der Waals surface area contributed by atoms with E-state index in [1.807, 2.05) is 4.90 Å². The molecule has 1 atom stereocenters. The second-order valence-corrected chi connectivity index (χ2v) is 4.45. The van der Waals surface area contributed by atoms with Crippen LogP contribution in [0, 0.1) is 16.0 Å². The van der Waals surface area contributed by atoms with Crippen LogP contribution in [0.2, 0.25) is 0 Å². The average molecular weight is 263 g/mol. The van der Waals surface area contributed by atoms with Crippen molar-refractivity contribution < 1.29 is 14.5 Å². The van der Waals surface area contributed by atoms with Crippen LogP contribution in [0.4, 0.5) is 11.4 Å². The summed E-state index contributed by atoms with van der Waals surface area (Å²) in [5.74, 6) is -0.605. The quantitative estimate of drug-likeness (QED) is 0.489. The van der Waals surface area contributed by atoms with Gasteiger partial charge in [0.05, 0.1) is 10.8 Å². The SMILES string of the molecule is NC(=O)C1CCN(c2ccc([N+](=O)[O-])cc2C=O)C1. The number of anilines is 1. The van der Waals surface area contributed by atoms with E-state index in [0.29, 0.717) is 31.5 Å². The van der Waals surface area contributed by atoms with Gasteiger partial charge in [-0.1, -0.05) is 0 Å². The molecule has 7 nitrogen and oxygen atoms in total. The molecule has 0 spiro atoms. The largest absolute Gasteiger partial charge is 0.370 e. The first-order chi connectivity index (χ1) is 9.02. The van der Waals surface area contributed by atoms with Gasteiger partial charge in [0.25, 0.3) is 5.69 Å². The third kappa shape index (κ3) is 2.54. The van der Waals surface area contributed by atoms with Crippen LogP contribution in [0.1, 0.15) is 16.8 Å². The highest BCUT2D eigenvalue weighted by Crippen LogP contribution is 2.28. The molecule has 1 heterocycles. The van der Waals surface area contributed by atoms with Crippen LogP contribution in [0.5, 0.6) is 0 Å². The van der Waals surface area contributed by atoms with Crippen molar-refractivity contribution in [2.75, 3.05) is 18.0 Å². The summed E-state index contributed by atoms with van der Waals surface area (Å²) in [6.45, 7) is 1.04. The van der Waals surface area contributed by atoms with Crippen molar-refractivity contribution in [3.63, 3.8) is 0 Å². The highest BCUT2D eigenvalue weighted by atomic mass is 16.6. The third-order valence-corrected chi connectivity index (χ3v) is 3.28. The number of hydrogen-bond acceptors (Lipinski definition) is 5. The lowest BCUT2D eigenvalue weighted by Crippen LogP contribution is -2.27. The van der Waals surface area contributed by atoms with Gasteiger partial charge in [0.1, 0.15) is 0 Å². The minimum Gasteiger partial charge on any atom is -0.370 e. The van der Waals surface area contributed by atoms with Crippen LogP contribution < -0.4 is 10.6 Å². The number of aldehydes is 1. The molecule has 2 N–H and O–H groups in total. The Kier molecular flexibility index (Phi) is 3.46. The molecule has 1 aromatic rings. The number of amides is 1. The van der Waals surface area contributed by atoms with Crippen molar-refractivity contribution in [1.29, 1.82) is 0 Å². The van der Waals surface area contributed by atoms with Gasteiger partial charge < -0.3 is 10.6 Å². The Morgan fingerprint density at radius 1 is 1.53 bits per heavy atom. The van der Waals surface area contributed by atoms with E-state index in [0.717, 1.165) is 0 Å². The second kappa shape index (κ2) is 5.05. The fourth-order valence-corrected chi connectivity index (χ4v) is 2.25. The first kappa shape index (κ1) is 13.0. The number of benzene rings is 1. The summed E-state index contributed by atoms with van der Waals surface area (Å²) in [5, 5.41) is 10.7. The first-order valence-electron chi connectivity index (χ1n) is 5.81. The lowest BCUT2D eigenvalue weighted by Gasteiger charge is -2.19. The van der Waals surface area contributed by atoms with Crippen molar-refractivity contribution in [3.8, 4) is 0 Å². The molecule has 1 fully saturated rings. The summed E-state index contributed by atoms with van der Waals surface area (Å²) in [4.78, 5) is 34.1. The maximum atomic E-state index is 11.1. The van der Waals surface area contributed by atoms with E-state index in [2.05, 4.69) is 0 Å². The van der Waals surface area contributed by atoms with E-state index in [1.165, 1.54) is 18.2 Å². The van der Waals surface area contributed by atoms with E-state index < -0.39 is 4.92 Å². The zero-order valence-electron chi connectivity index (χ0n) is 10.1. The molecule has 100 valence electrons. The van der Waals surface area contributed by atoms with Gasteiger partial charge >= 0.3 is 0 Å². The molecule has 0 bridgehead atoms. The smallest absolute Gasteiger partial charge is 0.270 e. The number of rotatable bonds is 4. The third-order valence-electron chi connectivity index (χ3n) is 3.28. The van der Waals surface area contributed by atoms with Crippen molar-refractivity contribution in [2.45, 2.75) is 6.42 Å². The molecule has 0 radical (unpaired) electrons. The Bertz CT molecular complexity index is 544. The van der Waals surface area contributed by atoms with E-state index in [-0.39, 0.29) is 23.1 Å². The summed E-state index contributed by atoms with van der Waals surface area (Å²) >= 11 is 0. The topological polar surface area (TPSA) is 107 Å². The summed E-state index contributed by atoms with van der Waals surface area (Å²) in [5.41, 5.74) is 5.97. The minimum absolute atomic E-state index is 0.128. The minimum atomic E-state index is -0.549. The highest BCUT2D eigenvalue weighted by molar-refractivity contribution is 5.86. The average Bonchev–Trinajstić information content (AvgIpc) is 2.87. The van der Waals surface area contributed by atoms with Crippen LogP contribution >= 0.6 is 0 Å². The number of nitro groups is 1. The van der Waals surface area contributed by atoms with Gasteiger partial charge in [-0.3, -0.25) is 19.7 Å². The van der Waals surface area contributed by atoms with Crippen molar-refractivity contribution >= 4 is 23.6 Å². The van der Waals surface area contributed by atoms with Crippen LogP contribution in [0.15, 0.2) is 18.2 Å². The molecule has 2 rings (SSSR count). The molecular formula is C12H13N3O4. The van der Waals surface area contributed by atoms with Crippen LogP contribution in [-0.2, 0) is 4.79 Å². The van der Waals surface area contributed by atoms with Crippen molar-refractivity contribution in [2.24, 2.45) is 11.7 Å². The summed E-state index contributed by atoms with van der Waals surface area (Å²) in [6, 6.07) is 4.12. The van der Waals surface area contributed by atoms with Crippen LogP contribution in [-0.4, -0.2) is 30.2 Å². The van der Waals surface area contributed by atoms with Crippen molar-refractivity contribution in [3.05, 3.63) is 33.9 Å². The molecule has 1 amide bonds. The number of nitro benzene ring substituents is 1. The summed E-state index contributed by atoms with van der Waals surface area (Å²) in [6.07, 6.45) is 1.21. The standard InChI is InChI=1S/C12H13N3O4/c13-12(17)8-3-4-14(6-8)11-2-1-10(15(18)19)5-9(11)7-16/h1-2,5,7-8H,3-4,6H2,(H2,13,17). The highest BCUT2D eigenvalue weighted by Gasteiger charge is 2.28. The lowest BCUT2D eigenvalue weighted by molar-refractivity contribution is -0.384. The molecule has 0 aliphatic carbocycles. The number of nitrogens with two attached hydrogens (primary N) is 1. The first-order valence-corrected chi connectivity index (χ1v) is 5.81. The molecule has 0 saturated carbocycles. The zero-order valence-corrected chi connectivity index (χ0v) is 10.1. The normalized spacial score (nSPS) is 18.3. The lowest BCUT2D eigenvalue weighted by atomic mass is 10.1. The maximum Gasteiger partial charge on any atom is 0.270 e. The Morgan fingerprint density at radius 3 is 2.79 bits per heavy atom. The molecule has 1 aliphatic heterocycles. The molecule has 1 aromatic carbocycles. The number of carbonyl (C=O) groups is 2. The molecule has 19 heavy (non-hydrogen) atoms. The van der Waals surface area contributed by atoms with Gasteiger partial charge in [-0.15, -0.1) is 0 Å². The van der Waals surface area contributed by atoms with Gasteiger partial charge in [-0.2, -0.15) is 0 Å². The fraction of sp³-hybridized carbons (Fsp3) is 0.333. The molecular weight excluding hydrogens is 250 g/mol. The number of primary amides is 1. The summed E-state index contributed by atoms with van der Waals surface area (Å²) < 4.78 is 0. The molecule has 0 aromatic heterocycles. The zero-order chi connectivity index (χ0) is 14.0. The monoisotopic (exact) mass is 263 g/mol. The van der Waals surface area contributed by atoms with Gasteiger partial charge in [0.2, 0.25) is 5.91 Å². The predicted molar refractivity (Wildman–Crippen MR) is 68.0 cm³/mol. The Hall–Kier alpha value is -2.44.